The molecule has 0 radical (unpaired) electrons. The Bertz CT molecular complexity index is 1320. The summed E-state index contributed by atoms with van der Waals surface area (Å²) in [7, 11) is 0. The van der Waals surface area contributed by atoms with Crippen LogP contribution in [0.4, 0.5) is 0 Å². The number of dihydropyridines is 1. The molecule has 5 rings (SSSR count). The molecule has 35 heavy (non-hydrogen) atoms. The third-order valence-electron chi connectivity index (χ3n) is 6.59. The molecule has 3 aromatic rings. The number of pyridine rings is 1. The van der Waals surface area contributed by atoms with Gasteiger partial charge in [-0.05, 0) is 54.7 Å². The highest BCUT2D eigenvalue weighted by atomic mass is 35.5. The predicted octanol–water partition coefficient (Wildman–Crippen LogP) is 5.84. The topological polar surface area (TPSA) is 68.3 Å². The molecule has 2 heterocycles. The van der Waals surface area contributed by atoms with Gasteiger partial charge < -0.3 is 10.1 Å². The molecule has 2 aliphatic rings. The molecule has 0 spiro atoms. The molecular weight excluding hydrogens is 460 g/mol. The second kappa shape index (κ2) is 9.88. The van der Waals surface area contributed by atoms with Gasteiger partial charge in [-0.1, -0.05) is 60.1 Å². The van der Waals surface area contributed by atoms with Gasteiger partial charge in [-0.3, -0.25) is 9.78 Å². The molecule has 0 bridgehead atoms. The lowest BCUT2D eigenvalue weighted by Gasteiger charge is -2.36. The van der Waals surface area contributed by atoms with Gasteiger partial charge in [0.15, 0.2) is 5.78 Å². The number of nitrogens with zero attached hydrogens (tertiary/aromatic N) is 1. The molecular formula is C29H25ClN2O3. The van der Waals surface area contributed by atoms with E-state index in [-0.39, 0.29) is 18.3 Å². The van der Waals surface area contributed by atoms with Crippen LogP contribution in [0.5, 0.6) is 0 Å². The number of esters is 1. The molecule has 2 aromatic carbocycles. The largest absolute Gasteiger partial charge is 0.457 e. The van der Waals surface area contributed by atoms with Crippen LogP contribution < -0.4 is 5.32 Å². The minimum absolute atomic E-state index is 0.00946. The molecule has 176 valence electrons. The van der Waals surface area contributed by atoms with Crippen LogP contribution in [0.2, 0.25) is 5.02 Å². The van der Waals surface area contributed by atoms with Crippen molar-refractivity contribution in [3.05, 3.63) is 123 Å². The summed E-state index contributed by atoms with van der Waals surface area (Å²) in [5, 5.41) is 4.04. The Labute approximate surface area is 209 Å². The van der Waals surface area contributed by atoms with Crippen molar-refractivity contribution in [1.29, 1.82) is 0 Å². The maximum Gasteiger partial charge on any atom is 0.337 e. The fourth-order valence-electron chi connectivity index (χ4n) is 4.92. The van der Waals surface area contributed by atoms with E-state index < -0.39 is 11.9 Å². The number of Topliss-reactive ketones (excluding diaryl/α,β-unsaturated/α-hetero) is 1. The van der Waals surface area contributed by atoms with Crippen LogP contribution in [0.3, 0.4) is 0 Å². The van der Waals surface area contributed by atoms with Gasteiger partial charge in [-0.15, -0.1) is 0 Å². The normalized spacial score (nSPS) is 19.8. The number of rotatable bonds is 5. The van der Waals surface area contributed by atoms with Crippen LogP contribution in [0.1, 0.15) is 48.4 Å². The molecule has 1 aliphatic carbocycles. The van der Waals surface area contributed by atoms with Gasteiger partial charge in [0.2, 0.25) is 0 Å². The first-order valence-electron chi connectivity index (χ1n) is 11.6. The van der Waals surface area contributed by atoms with Gasteiger partial charge in [0.25, 0.3) is 0 Å². The maximum atomic E-state index is 13.6. The standard InChI is InChI=1S/C29H25ClN2O3/c1-18-26(29(34)35-17-19-7-3-2-4-8-19)28(23-9-5-6-14-31-23)27-24(32-18)15-21(16-25(27)33)20-10-12-22(30)13-11-20/h2-14,21,28,32H,15-17H2,1H3/t21-,28+/m0/s1. The number of allylic oxidation sites excluding steroid dienone is 3. The number of halogens is 1. The van der Waals surface area contributed by atoms with E-state index in [9.17, 15) is 9.59 Å². The van der Waals surface area contributed by atoms with Gasteiger partial charge in [0, 0.05) is 34.6 Å². The van der Waals surface area contributed by atoms with E-state index in [1.807, 2.05) is 79.7 Å². The highest BCUT2D eigenvalue weighted by Gasteiger charge is 2.42. The molecule has 1 aromatic heterocycles. The molecule has 1 N–H and O–H groups in total. The van der Waals surface area contributed by atoms with Crippen LogP contribution in [0.15, 0.2) is 102 Å². The Morgan fingerprint density at radius 1 is 1.03 bits per heavy atom. The number of carbonyl (C=O) groups is 2. The quantitative estimate of drug-likeness (QED) is 0.461. The first-order valence-corrected chi connectivity index (χ1v) is 12.0. The molecule has 0 amide bonds. The monoisotopic (exact) mass is 484 g/mol. The SMILES string of the molecule is CC1=C(C(=O)OCc2ccccc2)[C@@H](c2ccccn2)C2=C(C[C@H](c3ccc(Cl)cc3)CC2=O)N1. The minimum Gasteiger partial charge on any atom is -0.457 e. The first-order chi connectivity index (χ1) is 17.0. The minimum atomic E-state index is -0.575. The van der Waals surface area contributed by atoms with Gasteiger partial charge >= 0.3 is 5.97 Å². The molecule has 5 nitrogen and oxygen atoms in total. The smallest absolute Gasteiger partial charge is 0.337 e. The van der Waals surface area contributed by atoms with E-state index in [1.54, 1.807) is 6.20 Å². The average Bonchev–Trinajstić information content (AvgIpc) is 2.88. The lowest BCUT2D eigenvalue weighted by atomic mass is 9.73. The van der Waals surface area contributed by atoms with Gasteiger partial charge in [0.1, 0.15) is 6.61 Å². The van der Waals surface area contributed by atoms with Crippen LogP contribution >= 0.6 is 11.6 Å². The molecule has 1 aliphatic heterocycles. The van der Waals surface area contributed by atoms with E-state index in [1.165, 1.54) is 0 Å². The average molecular weight is 485 g/mol. The van der Waals surface area contributed by atoms with Crippen molar-refractivity contribution >= 4 is 23.4 Å². The highest BCUT2D eigenvalue weighted by molar-refractivity contribution is 6.30. The van der Waals surface area contributed by atoms with E-state index >= 15 is 0 Å². The lowest BCUT2D eigenvalue weighted by Crippen LogP contribution is -2.36. The summed E-state index contributed by atoms with van der Waals surface area (Å²) < 4.78 is 5.70. The number of ketones is 1. The second-order valence-electron chi connectivity index (χ2n) is 8.89. The molecule has 6 heteroatoms. The summed E-state index contributed by atoms with van der Waals surface area (Å²) >= 11 is 6.06. The Morgan fingerprint density at radius 3 is 2.49 bits per heavy atom. The van der Waals surface area contributed by atoms with Crippen LogP contribution in [-0.2, 0) is 20.9 Å². The molecule has 2 atom stereocenters. The maximum absolute atomic E-state index is 13.6. The highest BCUT2D eigenvalue weighted by Crippen LogP contribution is 2.45. The zero-order chi connectivity index (χ0) is 24.4. The van der Waals surface area contributed by atoms with E-state index in [0.717, 1.165) is 16.8 Å². The van der Waals surface area contributed by atoms with Crippen molar-refractivity contribution < 1.29 is 14.3 Å². The number of benzene rings is 2. The van der Waals surface area contributed by atoms with E-state index in [2.05, 4.69) is 10.3 Å². The van der Waals surface area contributed by atoms with Crippen LogP contribution in [-0.4, -0.2) is 16.7 Å². The van der Waals surface area contributed by atoms with E-state index in [4.69, 9.17) is 16.3 Å². The fraction of sp³-hybridized carbons (Fsp3) is 0.207. The van der Waals surface area contributed by atoms with Crippen LogP contribution in [0, 0.1) is 0 Å². The van der Waals surface area contributed by atoms with Gasteiger partial charge in [-0.2, -0.15) is 0 Å². The Balaban J connectivity index is 1.49. The van der Waals surface area contributed by atoms with Gasteiger partial charge in [-0.25, -0.2) is 4.79 Å². The first kappa shape index (κ1) is 23.1. The van der Waals surface area contributed by atoms with Crippen molar-refractivity contribution in [1.82, 2.24) is 10.3 Å². The Morgan fingerprint density at radius 2 is 1.77 bits per heavy atom. The molecule has 0 saturated carbocycles. The molecule has 0 unspecified atom stereocenters. The number of ether oxygens (including phenoxy) is 1. The Hall–Kier alpha value is -3.70. The third kappa shape index (κ3) is 4.77. The molecule has 0 saturated heterocycles. The summed E-state index contributed by atoms with van der Waals surface area (Å²) in [5.74, 6) is -0.979. The Kier molecular flexibility index (Phi) is 6.51. The van der Waals surface area contributed by atoms with Crippen molar-refractivity contribution in [3.63, 3.8) is 0 Å². The summed E-state index contributed by atoms with van der Waals surface area (Å²) in [4.78, 5) is 31.5. The zero-order valence-corrected chi connectivity index (χ0v) is 20.1. The summed E-state index contributed by atoms with van der Waals surface area (Å²) in [6, 6.07) is 22.7. The van der Waals surface area contributed by atoms with Gasteiger partial charge in [0.05, 0.1) is 17.2 Å². The number of carbonyl (C=O) groups excluding carboxylic acids is 2. The van der Waals surface area contributed by atoms with Crippen LogP contribution in [0.25, 0.3) is 0 Å². The summed E-state index contributed by atoms with van der Waals surface area (Å²) in [6.07, 6.45) is 2.70. The number of hydrogen-bond donors (Lipinski definition) is 1. The fourth-order valence-corrected chi connectivity index (χ4v) is 5.05. The number of nitrogens with one attached hydrogen (secondary N) is 1. The van der Waals surface area contributed by atoms with Crippen molar-refractivity contribution in [3.8, 4) is 0 Å². The predicted molar refractivity (Wildman–Crippen MR) is 135 cm³/mol. The molecule has 0 fully saturated rings. The van der Waals surface area contributed by atoms with E-state index in [0.29, 0.717) is 40.4 Å². The zero-order valence-electron chi connectivity index (χ0n) is 19.3. The second-order valence-corrected chi connectivity index (χ2v) is 9.32. The number of aromatic nitrogens is 1. The lowest BCUT2D eigenvalue weighted by molar-refractivity contribution is -0.140. The summed E-state index contributed by atoms with van der Waals surface area (Å²) in [6.45, 7) is 2.01. The van der Waals surface area contributed by atoms with Crippen molar-refractivity contribution in [2.24, 2.45) is 0 Å². The third-order valence-corrected chi connectivity index (χ3v) is 6.84. The van der Waals surface area contributed by atoms with Crippen molar-refractivity contribution in [2.75, 3.05) is 0 Å². The summed E-state index contributed by atoms with van der Waals surface area (Å²) in [5.41, 5.74) is 5.18. The number of hydrogen-bond acceptors (Lipinski definition) is 5. The van der Waals surface area contributed by atoms with Crippen molar-refractivity contribution in [2.45, 2.75) is 38.2 Å².